The van der Waals surface area contributed by atoms with Crippen LogP contribution in [0.2, 0.25) is 0 Å². The van der Waals surface area contributed by atoms with E-state index in [4.69, 9.17) is 6.72 Å². The normalized spacial score (nSPS) is 4.00. The Morgan fingerprint density at radius 1 is 2.00 bits per heavy atom. The molecule has 0 heterocycles. The van der Waals surface area contributed by atoms with Crippen molar-refractivity contribution in [1.29, 1.82) is 0 Å². The number of rotatable bonds is 0. The van der Waals surface area contributed by atoms with Crippen molar-refractivity contribution in [3.8, 4) is 0 Å². The van der Waals surface area contributed by atoms with Crippen molar-refractivity contribution in [1.82, 2.24) is 0 Å². The summed E-state index contributed by atoms with van der Waals surface area (Å²) >= 11 is 2.06. The molecule has 0 aliphatic carbocycles. The molecule has 19 valence electrons. The second-order valence-corrected chi connectivity index (χ2v) is 2.20. The van der Waals surface area contributed by atoms with Gasteiger partial charge in [-0.05, 0) is 0 Å². The van der Waals surface area contributed by atoms with Crippen molar-refractivity contribution >= 4 is 43.7 Å². The van der Waals surface area contributed by atoms with Crippen LogP contribution in [0.5, 0.6) is 0 Å². The molecule has 0 spiro atoms. The molecule has 0 unspecified atom stereocenters. The van der Waals surface area contributed by atoms with Crippen LogP contribution in [0.25, 0.3) is 0 Å². The van der Waals surface area contributed by atoms with E-state index in [1.807, 2.05) is 0 Å². The molecule has 0 atom stereocenters. The molecule has 0 aromatic rings. The van der Waals surface area contributed by atoms with Crippen molar-refractivity contribution in [3.05, 3.63) is 0 Å². The van der Waals surface area contributed by atoms with Gasteiger partial charge < -0.3 is 0 Å². The maximum atomic E-state index is 4.88. The predicted molar refractivity (Wildman–Crippen MR) is 33.1 cm³/mol. The molecule has 0 saturated heterocycles. The van der Waals surface area contributed by atoms with E-state index >= 15 is 0 Å². The van der Waals surface area contributed by atoms with Crippen LogP contribution in [-0.4, -0.2) is 10.7 Å². The SMILES string of the molecule is [B]=S=BI. The van der Waals surface area contributed by atoms with Crippen molar-refractivity contribution in [3.63, 3.8) is 0 Å². The topological polar surface area (TPSA) is 0 Å². The Balaban J connectivity index is 3.11. The van der Waals surface area contributed by atoms with Gasteiger partial charge in [0.05, 0.1) is 0 Å². The minimum atomic E-state index is 1.22. The molecule has 0 N–H and O–H groups in total. The van der Waals surface area contributed by atoms with Crippen LogP contribution in [0.1, 0.15) is 0 Å². The summed E-state index contributed by atoms with van der Waals surface area (Å²) in [7, 11) is 1.22. The molecule has 0 bridgehead atoms. The summed E-state index contributed by atoms with van der Waals surface area (Å²) in [5.74, 6) is 0. The molecular weight excluding hydrogens is 181 g/mol. The molecule has 0 aromatic carbocycles. The quantitative estimate of drug-likeness (QED) is 0.382. The van der Waals surface area contributed by atoms with E-state index in [1.54, 1.807) is 4.01 Å². The first kappa shape index (κ1) is 5.08. The summed E-state index contributed by atoms with van der Waals surface area (Å²) in [6.45, 7) is 4.88. The Kier molecular flexibility index (Phi) is 5.18. The third kappa shape index (κ3) is 3.08. The fourth-order valence-corrected chi connectivity index (χ4v) is 0. The second-order valence-electron chi connectivity index (χ2n) is 0.225. The van der Waals surface area contributed by atoms with Gasteiger partial charge in [0.2, 0.25) is 0 Å². The van der Waals surface area contributed by atoms with Gasteiger partial charge in [-0.3, -0.25) is 0 Å². The zero-order chi connectivity index (χ0) is 3.41. The van der Waals surface area contributed by atoms with Crippen molar-refractivity contribution in [2.24, 2.45) is 0 Å². The molecule has 0 aliphatic heterocycles. The van der Waals surface area contributed by atoms with Crippen LogP contribution < -0.4 is 0 Å². The second kappa shape index (κ2) is 4.08. The fourth-order valence-electron chi connectivity index (χ4n) is 0. The Labute approximate surface area is 43.8 Å². The van der Waals surface area contributed by atoms with Gasteiger partial charge in [0.1, 0.15) is 0 Å². The monoisotopic (exact) mass is 181 g/mol. The van der Waals surface area contributed by atoms with E-state index in [2.05, 4.69) is 22.4 Å². The molecular formula is B2IS. The van der Waals surface area contributed by atoms with Gasteiger partial charge in [0.15, 0.2) is 0 Å². The van der Waals surface area contributed by atoms with E-state index in [1.165, 1.54) is 10.6 Å². The van der Waals surface area contributed by atoms with Crippen LogP contribution in [-0.2, 0) is 0 Å². The molecule has 0 rings (SSSR count). The van der Waals surface area contributed by atoms with Gasteiger partial charge in [-0.2, -0.15) is 0 Å². The molecule has 0 amide bonds. The predicted octanol–water partition coefficient (Wildman–Crippen LogP) is 0.772. The zero-order valence-electron chi connectivity index (χ0n) is 1.94. The van der Waals surface area contributed by atoms with E-state index in [-0.39, 0.29) is 0 Å². The summed E-state index contributed by atoms with van der Waals surface area (Å²) in [5, 5.41) is 0. The Morgan fingerprint density at radius 2 is 2.25 bits per heavy atom. The Hall–Kier alpha value is 1.08. The summed E-state index contributed by atoms with van der Waals surface area (Å²) in [6.07, 6.45) is 0. The van der Waals surface area contributed by atoms with Gasteiger partial charge in [-0.15, -0.1) is 0 Å². The minimum absolute atomic E-state index is 1.22. The first-order chi connectivity index (χ1) is 1.91. The maximum absolute atomic E-state index is 4.88. The fraction of sp³-hybridized carbons (Fsp3) is 0. The first-order valence-electron chi connectivity index (χ1n) is 0.690. The van der Waals surface area contributed by atoms with Gasteiger partial charge in [0.25, 0.3) is 0 Å². The van der Waals surface area contributed by atoms with Crippen LogP contribution in [0.3, 0.4) is 0 Å². The summed E-state index contributed by atoms with van der Waals surface area (Å²) in [4.78, 5) is 0. The van der Waals surface area contributed by atoms with Crippen LogP contribution >= 0.6 is 33.0 Å². The third-order valence-electron chi connectivity index (χ3n) is 0.0514. The molecule has 0 nitrogen and oxygen atoms in total. The van der Waals surface area contributed by atoms with Gasteiger partial charge in [-0.25, -0.2) is 0 Å². The molecule has 0 saturated carbocycles. The van der Waals surface area contributed by atoms with Crippen LogP contribution in [0, 0.1) is 0 Å². The zero-order valence-corrected chi connectivity index (χ0v) is 4.91. The molecule has 4 heteroatoms. The Morgan fingerprint density at radius 3 is 2.25 bits per heavy atom. The molecule has 0 aromatic heterocycles. The van der Waals surface area contributed by atoms with Crippen LogP contribution in [0.15, 0.2) is 0 Å². The number of halogens is 1. The van der Waals surface area contributed by atoms with E-state index in [0.29, 0.717) is 0 Å². The van der Waals surface area contributed by atoms with E-state index < -0.39 is 0 Å². The van der Waals surface area contributed by atoms with Gasteiger partial charge >= 0.3 is 43.7 Å². The average Bonchev–Trinajstić information content (AvgIpc) is 1.37. The van der Waals surface area contributed by atoms with Gasteiger partial charge in [-0.1, -0.05) is 0 Å². The molecule has 4 heavy (non-hydrogen) atoms. The third-order valence-corrected chi connectivity index (χ3v) is 1.04. The molecule has 1 radical (unpaired) electrons. The van der Waals surface area contributed by atoms with Crippen molar-refractivity contribution < 1.29 is 0 Å². The molecule has 0 fully saturated rings. The van der Waals surface area contributed by atoms with E-state index in [0.717, 1.165) is 0 Å². The number of hydrogen-bond acceptors (Lipinski definition) is 0. The number of hydrogen-bond donors (Lipinski definition) is 0. The average molecular weight is 181 g/mol. The molecule has 0 aliphatic rings. The van der Waals surface area contributed by atoms with E-state index in [9.17, 15) is 0 Å². The van der Waals surface area contributed by atoms with Gasteiger partial charge in [0, 0.05) is 0 Å². The van der Waals surface area contributed by atoms with Crippen LogP contribution in [0.4, 0.5) is 0 Å². The van der Waals surface area contributed by atoms with Crippen molar-refractivity contribution in [2.75, 3.05) is 0 Å². The van der Waals surface area contributed by atoms with Crippen molar-refractivity contribution in [2.45, 2.75) is 0 Å². The first-order valence-corrected chi connectivity index (χ1v) is 2.88. The summed E-state index contributed by atoms with van der Waals surface area (Å²) in [5.41, 5.74) is 0. The Bertz CT molecular complexity index is 44.0. The summed E-state index contributed by atoms with van der Waals surface area (Å²) < 4.78 is 1.79. The summed E-state index contributed by atoms with van der Waals surface area (Å²) in [6, 6.07) is 0. The standard InChI is InChI=1S/B2IS/c1-4-2-3.